The lowest BCUT2D eigenvalue weighted by Crippen LogP contribution is -2.32. The van der Waals surface area contributed by atoms with Gasteiger partial charge in [-0.2, -0.15) is 0 Å². The average molecular weight is 354 g/mol. The second-order valence-electron chi connectivity index (χ2n) is 5.81. The Morgan fingerprint density at radius 1 is 1.27 bits per heavy atom. The topological polar surface area (TPSA) is 124 Å². The third-order valence-corrected chi connectivity index (χ3v) is 3.89. The molecule has 26 heavy (non-hydrogen) atoms. The Kier molecular flexibility index (Phi) is 5.90. The molecule has 0 spiro atoms. The molecule has 0 radical (unpaired) electrons. The maximum atomic E-state index is 12.1. The van der Waals surface area contributed by atoms with E-state index in [4.69, 9.17) is 11.1 Å². The molecule has 1 heterocycles. The lowest BCUT2D eigenvalue weighted by Gasteiger charge is -2.18. The average Bonchev–Trinajstić information content (AvgIpc) is 2.61. The van der Waals surface area contributed by atoms with Gasteiger partial charge in [-0.05, 0) is 12.5 Å². The molecule has 3 amide bonds. The highest BCUT2D eigenvalue weighted by atomic mass is 16.2. The Balaban J connectivity index is 2.04. The molecule has 0 fully saturated rings. The summed E-state index contributed by atoms with van der Waals surface area (Å²) in [4.78, 5) is 28.7. The van der Waals surface area contributed by atoms with Gasteiger partial charge in [-0.3, -0.25) is 15.5 Å². The first-order chi connectivity index (χ1) is 12.3. The first-order valence-corrected chi connectivity index (χ1v) is 8.00. The minimum atomic E-state index is -0.420. The second kappa shape index (κ2) is 8.11. The van der Waals surface area contributed by atoms with Gasteiger partial charge in [0, 0.05) is 31.9 Å². The van der Waals surface area contributed by atoms with E-state index in [2.05, 4.69) is 15.6 Å². The third-order valence-electron chi connectivity index (χ3n) is 3.89. The lowest BCUT2D eigenvalue weighted by molar-refractivity contribution is -0.124. The highest BCUT2D eigenvalue weighted by molar-refractivity contribution is 6.08. The minimum Gasteiger partial charge on any atom is -0.398 e. The molecule has 0 aliphatic carbocycles. The Bertz CT molecular complexity index is 822. The van der Waals surface area contributed by atoms with Gasteiger partial charge in [0.1, 0.15) is 11.7 Å². The van der Waals surface area contributed by atoms with Gasteiger partial charge in [-0.15, -0.1) is 0 Å². The van der Waals surface area contributed by atoms with Crippen LogP contribution in [0.25, 0.3) is 0 Å². The highest BCUT2D eigenvalue weighted by Gasteiger charge is 2.16. The third kappa shape index (κ3) is 4.56. The van der Waals surface area contributed by atoms with Gasteiger partial charge >= 0.3 is 6.03 Å². The summed E-state index contributed by atoms with van der Waals surface area (Å²) < 4.78 is 0. The van der Waals surface area contributed by atoms with Crippen LogP contribution in [-0.2, 0) is 4.79 Å². The van der Waals surface area contributed by atoms with E-state index in [0.717, 1.165) is 10.5 Å². The van der Waals surface area contributed by atoms with Crippen molar-refractivity contribution >= 4 is 29.3 Å². The number of carbonyl (C=O) groups excluding carboxylic acids is 2. The summed E-state index contributed by atoms with van der Waals surface area (Å²) >= 11 is 0. The zero-order valence-electron chi connectivity index (χ0n) is 14.9. The number of anilines is 2. The molecule has 0 saturated carbocycles. The predicted molar refractivity (Wildman–Crippen MR) is 101 cm³/mol. The van der Waals surface area contributed by atoms with E-state index in [1.807, 2.05) is 37.3 Å². The van der Waals surface area contributed by atoms with Crippen LogP contribution < -0.4 is 16.4 Å². The lowest BCUT2D eigenvalue weighted by atomic mass is 10.1. The summed E-state index contributed by atoms with van der Waals surface area (Å²) in [7, 11) is 1.48. The minimum absolute atomic E-state index is 0.0591. The molecule has 1 aromatic carbocycles. The van der Waals surface area contributed by atoms with Crippen LogP contribution in [-0.4, -0.2) is 34.7 Å². The van der Waals surface area contributed by atoms with E-state index < -0.39 is 6.03 Å². The molecule has 0 unspecified atom stereocenters. The van der Waals surface area contributed by atoms with Crippen LogP contribution in [0.5, 0.6) is 0 Å². The Labute approximate surface area is 151 Å². The van der Waals surface area contributed by atoms with Crippen LogP contribution in [0.3, 0.4) is 0 Å². The monoisotopic (exact) mass is 354 g/mol. The molecule has 1 atom stereocenters. The molecule has 136 valence electrons. The number of amidine groups is 1. The SMILES string of the molecule is CC(=O)N(C)C(=N)c1cnc(NC(=O)N[C@H](C)c2ccccc2)cc1N. The van der Waals surface area contributed by atoms with Gasteiger partial charge in [0.05, 0.1) is 11.6 Å². The fourth-order valence-corrected chi connectivity index (χ4v) is 2.25. The summed E-state index contributed by atoms with van der Waals surface area (Å²) in [6.45, 7) is 3.23. The van der Waals surface area contributed by atoms with E-state index in [9.17, 15) is 9.59 Å². The van der Waals surface area contributed by atoms with Crippen molar-refractivity contribution in [2.24, 2.45) is 0 Å². The van der Waals surface area contributed by atoms with Crippen LogP contribution in [0, 0.1) is 5.41 Å². The standard InChI is InChI=1S/C18H22N6O2/c1-11(13-7-5-4-6-8-13)22-18(26)23-16-9-15(19)14(10-21-16)17(20)24(3)12(2)25/h4-11,20H,1-3H3,(H4,19,21,22,23,26)/t11-/m1/s1. The van der Waals surface area contributed by atoms with Gasteiger partial charge in [0.15, 0.2) is 0 Å². The van der Waals surface area contributed by atoms with Crippen LogP contribution in [0.15, 0.2) is 42.6 Å². The predicted octanol–water partition coefficient (Wildman–Crippen LogP) is 2.35. The maximum absolute atomic E-state index is 12.1. The molecule has 8 heteroatoms. The summed E-state index contributed by atoms with van der Waals surface area (Å²) in [6.07, 6.45) is 1.35. The number of aromatic nitrogens is 1. The molecule has 0 saturated heterocycles. The number of urea groups is 1. The number of pyridine rings is 1. The number of nitrogen functional groups attached to an aromatic ring is 1. The zero-order valence-corrected chi connectivity index (χ0v) is 14.9. The number of benzene rings is 1. The van der Waals surface area contributed by atoms with E-state index in [1.165, 1.54) is 26.2 Å². The molecule has 1 aromatic heterocycles. The van der Waals surface area contributed by atoms with Crippen LogP contribution in [0.4, 0.5) is 16.3 Å². The number of nitrogens with two attached hydrogens (primary N) is 1. The number of carbonyl (C=O) groups is 2. The summed E-state index contributed by atoms with van der Waals surface area (Å²) in [5.74, 6) is -0.0932. The van der Waals surface area contributed by atoms with E-state index in [-0.39, 0.29) is 29.3 Å². The summed E-state index contributed by atoms with van der Waals surface area (Å²) in [5, 5.41) is 13.4. The molecule has 2 aromatic rings. The summed E-state index contributed by atoms with van der Waals surface area (Å²) in [6, 6.07) is 10.4. The Hall–Kier alpha value is -3.42. The van der Waals surface area contributed by atoms with Crippen LogP contribution in [0.2, 0.25) is 0 Å². The number of amides is 3. The van der Waals surface area contributed by atoms with Gasteiger partial charge in [0.25, 0.3) is 0 Å². The van der Waals surface area contributed by atoms with Gasteiger partial charge < -0.3 is 16.0 Å². The fraction of sp³-hybridized carbons (Fsp3) is 0.222. The molecule has 8 nitrogen and oxygen atoms in total. The smallest absolute Gasteiger partial charge is 0.320 e. The van der Waals surface area contributed by atoms with Crippen molar-refractivity contribution in [2.75, 3.05) is 18.1 Å². The van der Waals surface area contributed by atoms with Crippen molar-refractivity contribution in [3.63, 3.8) is 0 Å². The van der Waals surface area contributed by atoms with Crippen molar-refractivity contribution < 1.29 is 9.59 Å². The normalized spacial score (nSPS) is 11.3. The largest absolute Gasteiger partial charge is 0.398 e. The number of hydrogen-bond acceptors (Lipinski definition) is 5. The first kappa shape index (κ1) is 18.9. The van der Waals surface area contributed by atoms with Crippen molar-refractivity contribution in [3.8, 4) is 0 Å². The second-order valence-corrected chi connectivity index (χ2v) is 5.81. The van der Waals surface area contributed by atoms with Crippen LogP contribution >= 0.6 is 0 Å². The van der Waals surface area contributed by atoms with Gasteiger partial charge in [-0.25, -0.2) is 9.78 Å². The van der Waals surface area contributed by atoms with E-state index in [0.29, 0.717) is 5.56 Å². The van der Waals surface area contributed by atoms with Gasteiger partial charge in [-0.1, -0.05) is 30.3 Å². The highest BCUT2D eigenvalue weighted by Crippen LogP contribution is 2.17. The molecular formula is C18H22N6O2. The van der Waals surface area contributed by atoms with Crippen molar-refractivity contribution in [1.82, 2.24) is 15.2 Å². The quantitative estimate of drug-likeness (QED) is 0.497. The van der Waals surface area contributed by atoms with Crippen molar-refractivity contribution in [2.45, 2.75) is 19.9 Å². The maximum Gasteiger partial charge on any atom is 0.320 e. The summed E-state index contributed by atoms with van der Waals surface area (Å²) in [5.41, 5.74) is 7.47. The van der Waals surface area contributed by atoms with Crippen LogP contribution in [0.1, 0.15) is 31.0 Å². The first-order valence-electron chi connectivity index (χ1n) is 8.00. The number of rotatable bonds is 4. The molecule has 0 bridgehead atoms. The van der Waals surface area contributed by atoms with E-state index >= 15 is 0 Å². The molecule has 0 aliphatic rings. The van der Waals surface area contributed by atoms with Crippen molar-refractivity contribution in [3.05, 3.63) is 53.7 Å². The Morgan fingerprint density at radius 2 is 1.92 bits per heavy atom. The number of nitrogens with zero attached hydrogens (tertiary/aromatic N) is 2. The molecule has 2 rings (SSSR count). The molecule has 5 N–H and O–H groups in total. The fourth-order valence-electron chi connectivity index (χ4n) is 2.25. The molecule has 0 aliphatic heterocycles. The van der Waals surface area contributed by atoms with Gasteiger partial charge in [0.2, 0.25) is 5.91 Å². The van der Waals surface area contributed by atoms with Crippen molar-refractivity contribution in [1.29, 1.82) is 5.41 Å². The van der Waals surface area contributed by atoms with E-state index in [1.54, 1.807) is 0 Å². The zero-order chi connectivity index (χ0) is 19.3. The number of hydrogen-bond donors (Lipinski definition) is 4. The number of nitrogens with one attached hydrogen (secondary N) is 3. The Morgan fingerprint density at radius 3 is 2.50 bits per heavy atom. The molecular weight excluding hydrogens is 332 g/mol.